The number of nitrogens with one attached hydrogen (secondary N) is 3. The van der Waals surface area contributed by atoms with Crippen LogP contribution in [0.4, 0.5) is 5.69 Å². The second kappa shape index (κ2) is 8.26. The molecule has 2 aromatic carbocycles. The van der Waals surface area contributed by atoms with E-state index in [1.165, 1.54) is 11.8 Å². The number of hydrogen-bond donors (Lipinski definition) is 3. The van der Waals surface area contributed by atoms with Crippen LogP contribution in [-0.4, -0.2) is 38.8 Å². The molecule has 0 saturated heterocycles. The molecule has 0 aliphatic heterocycles. The van der Waals surface area contributed by atoms with Crippen molar-refractivity contribution in [2.75, 3.05) is 11.1 Å². The maximum atomic E-state index is 12.3. The van der Waals surface area contributed by atoms with Crippen molar-refractivity contribution in [2.45, 2.75) is 24.0 Å². The quantitative estimate of drug-likeness (QED) is 0.536. The molecular formula is C20H19N5O2S. The number of nitrogens with zero attached hydrogens (tertiary/aromatic N) is 2. The number of aromatic nitrogens is 3. The SMILES string of the molecule is O=C(CSc1n[nH]c(-c2ccccc2)n1)Nc1ccccc1C(=O)NC1CC1. The van der Waals surface area contributed by atoms with Crippen molar-refractivity contribution in [1.29, 1.82) is 0 Å². The Kier molecular flexibility index (Phi) is 5.38. The highest BCUT2D eigenvalue weighted by molar-refractivity contribution is 7.99. The second-order valence-electron chi connectivity index (χ2n) is 6.46. The van der Waals surface area contributed by atoms with Crippen molar-refractivity contribution in [3.05, 3.63) is 60.2 Å². The lowest BCUT2D eigenvalue weighted by Gasteiger charge is -2.10. The van der Waals surface area contributed by atoms with Gasteiger partial charge in [0.15, 0.2) is 5.82 Å². The van der Waals surface area contributed by atoms with Crippen LogP contribution >= 0.6 is 11.8 Å². The molecule has 2 amide bonds. The molecule has 4 rings (SSSR count). The van der Waals surface area contributed by atoms with E-state index in [9.17, 15) is 9.59 Å². The van der Waals surface area contributed by atoms with Gasteiger partial charge in [-0.3, -0.25) is 14.7 Å². The lowest BCUT2D eigenvalue weighted by atomic mass is 10.1. The standard InChI is InChI=1S/C20H19N5O2S/c26-17(12-28-20-23-18(24-25-20)13-6-2-1-3-7-13)22-16-9-5-4-8-15(16)19(27)21-14-10-11-14/h1-9,14H,10-12H2,(H,21,27)(H,22,26)(H,23,24,25). The smallest absolute Gasteiger partial charge is 0.253 e. The normalized spacial score (nSPS) is 13.1. The van der Waals surface area contributed by atoms with E-state index in [-0.39, 0.29) is 23.6 Å². The Hall–Kier alpha value is -3.13. The minimum absolute atomic E-state index is 0.144. The number of amides is 2. The Bertz CT molecular complexity index is 985. The Labute approximate surface area is 166 Å². The maximum absolute atomic E-state index is 12.3. The van der Waals surface area contributed by atoms with Gasteiger partial charge in [0.25, 0.3) is 5.91 Å². The van der Waals surface area contributed by atoms with Gasteiger partial charge in [0.2, 0.25) is 11.1 Å². The molecule has 142 valence electrons. The summed E-state index contributed by atoms with van der Waals surface area (Å²) in [4.78, 5) is 29.1. The molecule has 3 aromatic rings. The summed E-state index contributed by atoms with van der Waals surface area (Å²) in [7, 11) is 0. The molecule has 0 radical (unpaired) electrons. The largest absolute Gasteiger partial charge is 0.349 e. The van der Waals surface area contributed by atoms with Crippen LogP contribution in [0.5, 0.6) is 0 Å². The summed E-state index contributed by atoms with van der Waals surface area (Å²) in [6.07, 6.45) is 2.02. The first kappa shape index (κ1) is 18.2. The fraction of sp³-hybridized carbons (Fsp3) is 0.200. The number of carbonyl (C=O) groups is 2. The van der Waals surface area contributed by atoms with Crippen LogP contribution in [0.2, 0.25) is 0 Å². The summed E-state index contributed by atoms with van der Waals surface area (Å²) in [5, 5.41) is 13.3. The molecule has 0 unspecified atom stereocenters. The van der Waals surface area contributed by atoms with Gasteiger partial charge >= 0.3 is 0 Å². The van der Waals surface area contributed by atoms with Crippen LogP contribution in [0.1, 0.15) is 23.2 Å². The second-order valence-corrected chi connectivity index (χ2v) is 7.41. The number of H-pyrrole nitrogens is 1. The molecule has 1 aliphatic rings. The predicted molar refractivity (Wildman–Crippen MR) is 108 cm³/mol. The van der Waals surface area contributed by atoms with Crippen LogP contribution < -0.4 is 10.6 Å². The molecule has 0 bridgehead atoms. The number of hydrogen-bond acceptors (Lipinski definition) is 5. The minimum atomic E-state index is -0.220. The summed E-state index contributed by atoms with van der Waals surface area (Å²) in [5.74, 6) is 0.422. The number of benzene rings is 2. The number of anilines is 1. The van der Waals surface area contributed by atoms with Gasteiger partial charge in [0, 0.05) is 11.6 Å². The Morgan fingerprint density at radius 3 is 2.61 bits per heavy atom. The first-order valence-electron chi connectivity index (χ1n) is 8.99. The van der Waals surface area contributed by atoms with Crippen molar-refractivity contribution in [2.24, 2.45) is 0 Å². The minimum Gasteiger partial charge on any atom is -0.349 e. The van der Waals surface area contributed by atoms with Gasteiger partial charge in [-0.1, -0.05) is 54.2 Å². The van der Waals surface area contributed by atoms with Gasteiger partial charge < -0.3 is 10.6 Å². The third-order valence-corrected chi connectivity index (χ3v) is 5.05. The summed E-state index contributed by atoms with van der Waals surface area (Å²) in [6, 6.07) is 16.9. The molecule has 1 aromatic heterocycles. The fourth-order valence-corrected chi connectivity index (χ4v) is 3.23. The van der Waals surface area contributed by atoms with E-state index in [1.54, 1.807) is 24.3 Å². The van der Waals surface area contributed by atoms with E-state index in [4.69, 9.17) is 0 Å². The van der Waals surface area contributed by atoms with Gasteiger partial charge in [-0.25, -0.2) is 4.98 Å². The van der Waals surface area contributed by atoms with E-state index in [0.29, 0.717) is 22.2 Å². The lowest BCUT2D eigenvalue weighted by molar-refractivity contribution is -0.113. The van der Waals surface area contributed by atoms with E-state index in [1.807, 2.05) is 30.3 Å². The number of rotatable bonds is 7. The molecule has 3 N–H and O–H groups in total. The average Bonchev–Trinajstić information content (AvgIpc) is 3.40. The average molecular weight is 393 g/mol. The Morgan fingerprint density at radius 2 is 1.82 bits per heavy atom. The van der Waals surface area contributed by atoms with Gasteiger partial charge in [0.05, 0.1) is 17.0 Å². The highest BCUT2D eigenvalue weighted by atomic mass is 32.2. The molecule has 1 saturated carbocycles. The molecule has 1 heterocycles. The third kappa shape index (κ3) is 4.58. The van der Waals surface area contributed by atoms with Crippen LogP contribution in [0.3, 0.4) is 0 Å². The maximum Gasteiger partial charge on any atom is 0.253 e. The van der Waals surface area contributed by atoms with Gasteiger partial charge in [0.1, 0.15) is 0 Å². The summed E-state index contributed by atoms with van der Waals surface area (Å²) < 4.78 is 0. The van der Waals surface area contributed by atoms with E-state index in [2.05, 4.69) is 25.8 Å². The van der Waals surface area contributed by atoms with Gasteiger partial charge in [-0.15, -0.1) is 5.10 Å². The van der Waals surface area contributed by atoms with E-state index < -0.39 is 0 Å². The molecule has 0 spiro atoms. The zero-order valence-corrected chi connectivity index (χ0v) is 15.8. The van der Waals surface area contributed by atoms with E-state index in [0.717, 1.165) is 18.4 Å². The van der Waals surface area contributed by atoms with Crippen LogP contribution in [-0.2, 0) is 4.79 Å². The highest BCUT2D eigenvalue weighted by Crippen LogP contribution is 2.22. The Balaban J connectivity index is 1.35. The third-order valence-electron chi connectivity index (χ3n) is 4.20. The molecular weight excluding hydrogens is 374 g/mol. The topological polar surface area (TPSA) is 99.8 Å². The molecule has 1 aliphatic carbocycles. The number of thioether (sulfide) groups is 1. The van der Waals surface area contributed by atoms with Crippen molar-refractivity contribution < 1.29 is 9.59 Å². The zero-order valence-electron chi connectivity index (χ0n) is 15.0. The summed E-state index contributed by atoms with van der Waals surface area (Å²) >= 11 is 1.23. The summed E-state index contributed by atoms with van der Waals surface area (Å²) in [5.41, 5.74) is 1.91. The number of aromatic amines is 1. The predicted octanol–water partition coefficient (Wildman–Crippen LogP) is 3.09. The molecule has 8 heteroatoms. The van der Waals surface area contributed by atoms with Crippen molar-refractivity contribution in [3.63, 3.8) is 0 Å². The molecule has 7 nitrogen and oxygen atoms in total. The first-order valence-corrected chi connectivity index (χ1v) is 9.98. The van der Waals surface area contributed by atoms with Gasteiger partial charge in [-0.05, 0) is 25.0 Å². The van der Waals surface area contributed by atoms with Crippen LogP contribution in [0.25, 0.3) is 11.4 Å². The fourth-order valence-electron chi connectivity index (χ4n) is 2.63. The van der Waals surface area contributed by atoms with Crippen molar-refractivity contribution in [3.8, 4) is 11.4 Å². The molecule has 28 heavy (non-hydrogen) atoms. The van der Waals surface area contributed by atoms with E-state index >= 15 is 0 Å². The summed E-state index contributed by atoms with van der Waals surface area (Å²) in [6.45, 7) is 0. The first-order chi connectivity index (χ1) is 13.7. The monoisotopic (exact) mass is 393 g/mol. The van der Waals surface area contributed by atoms with Crippen molar-refractivity contribution >= 4 is 29.3 Å². The Morgan fingerprint density at radius 1 is 1.07 bits per heavy atom. The lowest BCUT2D eigenvalue weighted by Crippen LogP contribution is -2.27. The molecule has 1 fully saturated rings. The van der Waals surface area contributed by atoms with Crippen LogP contribution in [0.15, 0.2) is 59.8 Å². The van der Waals surface area contributed by atoms with Crippen LogP contribution in [0, 0.1) is 0 Å². The highest BCUT2D eigenvalue weighted by Gasteiger charge is 2.25. The van der Waals surface area contributed by atoms with Crippen molar-refractivity contribution in [1.82, 2.24) is 20.5 Å². The van der Waals surface area contributed by atoms with Gasteiger partial charge in [-0.2, -0.15) is 0 Å². The number of carbonyl (C=O) groups excluding carboxylic acids is 2. The zero-order chi connectivity index (χ0) is 19.3. The molecule has 0 atom stereocenters. The number of para-hydroxylation sites is 1.